The average molecular weight is 222 g/mol. The van der Waals surface area contributed by atoms with Crippen LogP contribution in [0.25, 0.3) is 0 Å². The van der Waals surface area contributed by atoms with Crippen molar-refractivity contribution in [2.24, 2.45) is 5.41 Å². The summed E-state index contributed by atoms with van der Waals surface area (Å²) in [6.45, 7) is 3.83. The lowest BCUT2D eigenvalue weighted by atomic mass is 9.88. The smallest absolute Gasteiger partial charge is 0.231 e. The highest BCUT2D eigenvalue weighted by Gasteiger charge is 2.36. The van der Waals surface area contributed by atoms with Gasteiger partial charge < -0.3 is 11.1 Å². The van der Waals surface area contributed by atoms with Gasteiger partial charge in [-0.15, -0.1) is 0 Å². The zero-order chi connectivity index (χ0) is 11.8. The number of H-pyrrole nitrogens is 1. The second-order valence-corrected chi connectivity index (χ2v) is 4.83. The maximum absolute atomic E-state index is 12.1. The molecule has 16 heavy (non-hydrogen) atoms. The van der Waals surface area contributed by atoms with Crippen molar-refractivity contribution in [3.8, 4) is 0 Å². The minimum atomic E-state index is -0.251. The number of nitrogen functional groups attached to an aromatic ring is 1. The zero-order valence-electron chi connectivity index (χ0n) is 9.76. The maximum atomic E-state index is 12.1. The van der Waals surface area contributed by atoms with E-state index in [0.717, 1.165) is 31.4 Å². The van der Waals surface area contributed by atoms with Crippen molar-refractivity contribution in [3.63, 3.8) is 0 Å². The molecule has 88 valence electrons. The number of anilines is 2. The molecule has 1 fully saturated rings. The van der Waals surface area contributed by atoms with Crippen molar-refractivity contribution in [1.29, 1.82) is 0 Å². The fourth-order valence-electron chi connectivity index (χ4n) is 2.17. The molecule has 0 spiro atoms. The Hall–Kier alpha value is -1.52. The highest BCUT2D eigenvalue weighted by molar-refractivity contribution is 5.96. The SMILES string of the molecule is Cc1[nH]nc(NC(=O)C2(C)CCCC2)c1N. The quantitative estimate of drug-likeness (QED) is 0.713. The molecule has 1 aromatic heterocycles. The largest absolute Gasteiger partial charge is 0.394 e. The van der Waals surface area contributed by atoms with E-state index in [1.807, 2.05) is 13.8 Å². The average Bonchev–Trinajstić information content (AvgIpc) is 2.81. The molecule has 1 aliphatic carbocycles. The van der Waals surface area contributed by atoms with Crippen molar-refractivity contribution >= 4 is 17.4 Å². The molecule has 1 aromatic rings. The number of carbonyl (C=O) groups excluding carboxylic acids is 1. The number of hydrogen-bond acceptors (Lipinski definition) is 3. The number of carbonyl (C=O) groups is 1. The monoisotopic (exact) mass is 222 g/mol. The van der Waals surface area contributed by atoms with Crippen LogP contribution >= 0.6 is 0 Å². The molecular weight excluding hydrogens is 204 g/mol. The summed E-state index contributed by atoms with van der Waals surface area (Å²) in [6.07, 6.45) is 4.14. The Kier molecular flexibility index (Phi) is 2.61. The molecule has 0 radical (unpaired) electrons. The van der Waals surface area contributed by atoms with Crippen LogP contribution in [0.2, 0.25) is 0 Å². The molecule has 2 rings (SSSR count). The fraction of sp³-hybridized carbons (Fsp3) is 0.636. The van der Waals surface area contributed by atoms with Crippen LogP contribution < -0.4 is 11.1 Å². The van der Waals surface area contributed by atoms with Gasteiger partial charge in [0, 0.05) is 5.41 Å². The lowest BCUT2D eigenvalue weighted by molar-refractivity contribution is -0.124. The van der Waals surface area contributed by atoms with Crippen molar-refractivity contribution < 1.29 is 4.79 Å². The molecule has 5 heteroatoms. The van der Waals surface area contributed by atoms with Gasteiger partial charge in [-0.25, -0.2) is 0 Å². The number of aromatic amines is 1. The molecule has 1 amide bonds. The summed E-state index contributed by atoms with van der Waals surface area (Å²) < 4.78 is 0. The van der Waals surface area contributed by atoms with Crippen LogP contribution in [0, 0.1) is 12.3 Å². The van der Waals surface area contributed by atoms with E-state index in [4.69, 9.17) is 5.73 Å². The number of amides is 1. The summed E-state index contributed by atoms with van der Waals surface area (Å²) in [5.74, 6) is 0.485. The van der Waals surface area contributed by atoms with Gasteiger partial charge in [0.1, 0.15) is 0 Å². The summed E-state index contributed by atoms with van der Waals surface area (Å²) in [7, 11) is 0. The van der Waals surface area contributed by atoms with Gasteiger partial charge in [0.2, 0.25) is 5.91 Å². The van der Waals surface area contributed by atoms with Gasteiger partial charge in [-0.05, 0) is 19.8 Å². The van der Waals surface area contributed by atoms with Crippen LogP contribution in [-0.2, 0) is 4.79 Å². The highest BCUT2D eigenvalue weighted by Crippen LogP contribution is 2.38. The van der Waals surface area contributed by atoms with E-state index in [1.165, 1.54) is 0 Å². The maximum Gasteiger partial charge on any atom is 0.231 e. The Morgan fingerprint density at radius 2 is 2.12 bits per heavy atom. The predicted molar refractivity (Wildman–Crippen MR) is 62.9 cm³/mol. The van der Waals surface area contributed by atoms with Gasteiger partial charge in [0.05, 0.1) is 11.4 Å². The van der Waals surface area contributed by atoms with E-state index in [0.29, 0.717) is 11.5 Å². The molecule has 0 unspecified atom stereocenters. The molecule has 1 saturated carbocycles. The van der Waals surface area contributed by atoms with Crippen LogP contribution in [0.4, 0.5) is 11.5 Å². The van der Waals surface area contributed by atoms with Gasteiger partial charge >= 0.3 is 0 Å². The van der Waals surface area contributed by atoms with Gasteiger partial charge in [-0.2, -0.15) is 5.10 Å². The first-order valence-corrected chi connectivity index (χ1v) is 5.65. The number of nitrogens with zero attached hydrogens (tertiary/aromatic N) is 1. The standard InChI is InChI=1S/C11H18N4O/c1-7-8(12)9(15-14-7)13-10(16)11(2)5-3-4-6-11/h3-6,12H2,1-2H3,(H2,13,14,15,16). The van der Waals surface area contributed by atoms with E-state index in [1.54, 1.807) is 0 Å². The Morgan fingerprint density at radius 1 is 1.50 bits per heavy atom. The van der Waals surface area contributed by atoms with Crippen molar-refractivity contribution in [2.75, 3.05) is 11.1 Å². The lowest BCUT2D eigenvalue weighted by Gasteiger charge is -2.21. The van der Waals surface area contributed by atoms with E-state index in [-0.39, 0.29) is 11.3 Å². The molecular formula is C11H18N4O. The number of nitrogens with two attached hydrogens (primary N) is 1. The third-order valence-electron chi connectivity index (χ3n) is 3.48. The Bertz CT molecular complexity index is 404. The van der Waals surface area contributed by atoms with Crippen molar-refractivity contribution in [3.05, 3.63) is 5.69 Å². The summed E-state index contributed by atoms with van der Waals surface area (Å²) in [6, 6.07) is 0. The highest BCUT2D eigenvalue weighted by atomic mass is 16.2. The van der Waals surface area contributed by atoms with E-state index >= 15 is 0 Å². The molecule has 1 aliphatic rings. The van der Waals surface area contributed by atoms with Crippen LogP contribution in [0.5, 0.6) is 0 Å². The minimum absolute atomic E-state index is 0.0307. The van der Waals surface area contributed by atoms with Crippen molar-refractivity contribution in [1.82, 2.24) is 10.2 Å². The molecule has 5 nitrogen and oxygen atoms in total. The fourth-order valence-corrected chi connectivity index (χ4v) is 2.17. The number of nitrogens with one attached hydrogen (secondary N) is 2. The normalized spacial score (nSPS) is 18.6. The topological polar surface area (TPSA) is 83.8 Å². The van der Waals surface area contributed by atoms with Gasteiger partial charge in [0.25, 0.3) is 0 Å². The Labute approximate surface area is 94.8 Å². The van der Waals surface area contributed by atoms with Crippen molar-refractivity contribution in [2.45, 2.75) is 39.5 Å². The van der Waals surface area contributed by atoms with E-state index < -0.39 is 0 Å². The lowest BCUT2D eigenvalue weighted by Crippen LogP contribution is -2.31. The Morgan fingerprint density at radius 3 is 2.62 bits per heavy atom. The summed E-state index contributed by atoms with van der Waals surface area (Å²) in [5.41, 5.74) is 6.84. The first-order valence-electron chi connectivity index (χ1n) is 5.65. The van der Waals surface area contributed by atoms with E-state index in [9.17, 15) is 4.79 Å². The number of aryl methyl sites for hydroxylation is 1. The van der Waals surface area contributed by atoms with Crippen LogP contribution in [0.15, 0.2) is 0 Å². The van der Waals surface area contributed by atoms with Gasteiger partial charge in [-0.1, -0.05) is 19.8 Å². The molecule has 0 atom stereocenters. The molecule has 0 aliphatic heterocycles. The third-order valence-corrected chi connectivity index (χ3v) is 3.48. The Balaban J connectivity index is 2.10. The molecule has 0 bridgehead atoms. The first kappa shape index (κ1) is 11.0. The number of rotatable bonds is 2. The van der Waals surface area contributed by atoms with Crippen LogP contribution in [-0.4, -0.2) is 16.1 Å². The molecule has 0 saturated heterocycles. The first-order chi connectivity index (χ1) is 7.53. The number of aromatic nitrogens is 2. The van der Waals surface area contributed by atoms with E-state index in [2.05, 4.69) is 15.5 Å². The predicted octanol–water partition coefficient (Wildman–Crippen LogP) is 1.82. The third kappa shape index (κ3) is 1.77. The second kappa shape index (κ2) is 3.81. The molecule has 4 N–H and O–H groups in total. The molecule has 0 aromatic carbocycles. The molecule has 1 heterocycles. The minimum Gasteiger partial charge on any atom is -0.394 e. The summed E-state index contributed by atoms with van der Waals surface area (Å²) in [5, 5.41) is 9.54. The summed E-state index contributed by atoms with van der Waals surface area (Å²) in [4.78, 5) is 12.1. The summed E-state index contributed by atoms with van der Waals surface area (Å²) >= 11 is 0. The zero-order valence-corrected chi connectivity index (χ0v) is 9.76. The van der Waals surface area contributed by atoms with Gasteiger partial charge in [-0.3, -0.25) is 9.89 Å². The van der Waals surface area contributed by atoms with Crippen LogP contribution in [0.3, 0.4) is 0 Å². The van der Waals surface area contributed by atoms with Crippen LogP contribution in [0.1, 0.15) is 38.3 Å². The number of hydrogen-bond donors (Lipinski definition) is 3. The van der Waals surface area contributed by atoms with Gasteiger partial charge in [0.15, 0.2) is 5.82 Å². The second-order valence-electron chi connectivity index (χ2n) is 4.83.